The highest BCUT2D eigenvalue weighted by molar-refractivity contribution is 6.30. The van der Waals surface area contributed by atoms with E-state index in [1.807, 2.05) is 39.0 Å². The number of nitrogens with zero attached hydrogens (tertiary/aromatic N) is 1. The molecule has 3 N–H and O–H groups in total. The molecule has 1 saturated heterocycles. The predicted octanol–water partition coefficient (Wildman–Crippen LogP) is 2.09. The lowest BCUT2D eigenvalue weighted by atomic mass is 9.84. The van der Waals surface area contributed by atoms with Gasteiger partial charge in [0.1, 0.15) is 0 Å². The summed E-state index contributed by atoms with van der Waals surface area (Å²) in [5.41, 5.74) is 0.201. The van der Waals surface area contributed by atoms with Crippen molar-refractivity contribution in [1.82, 2.24) is 10.2 Å². The molecule has 0 bridgehead atoms. The van der Waals surface area contributed by atoms with Crippen LogP contribution in [-0.2, 0) is 15.1 Å². The normalized spacial score (nSPS) is 22.9. The number of hydrogen-bond acceptors (Lipinski definition) is 4. The Labute approximate surface area is 159 Å². The lowest BCUT2D eigenvalue weighted by Gasteiger charge is -2.47. The van der Waals surface area contributed by atoms with Crippen LogP contribution in [0, 0.1) is 11.8 Å². The number of benzene rings is 1. The molecule has 1 fully saturated rings. The molecule has 6 nitrogen and oxygen atoms in total. The number of piperazine rings is 1. The largest absolute Gasteiger partial charge is 0.479 e. The molecular formula is C19H27ClN2O4. The number of amides is 1. The number of halogens is 1. The second kappa shape index (κ2) is 8.37. The van der Waals surface area contributed by atoms with E-state index in [0.717, 1.165) is 5.56 Å². The van der Waals surface area contributed by atoms with Crippen LogP contribution in [0.1, 0.15) is 32.8 Å². The maximum atomic E-state index is 13.3. The summed E-state index contributed by atoms with van der Waals surface area (Å²) in [6, 6.07) is 7.33. The Morgan fingerprint density at radius 2 is 2.08 bits per heavy atom. The van der Waals surface area contributed by atoms with Crippen molar-refractivity contribution < 1.29 is 19.8 Å². The van der Waals surface area contributed by atoms with Gasteiger partial charge in [-0.2, -0.15) is 0 Å². The minimum absolute atomic E-state index is 0.0818. The maximum absolute atomic E-state index is 13.3. The fraction of sp³-hybridized carbons (Fsp3) is 0.579. The Morgan fingerprint density at radius 3 is 2.65 bits per heavy atom. The maximum Gasteiger partial charge on any atom is 0.333 e. The Kier molecular flexibility index (Phi) is 6.66. The number of aliphatic carboxylic acids is 1. The molecule has 1 aliphatic heterocycles. The minimum Gasteiger partial charge on any atom is -0.479 e. The van der Waals surface area contributed by atoms with Gasteiger partial charge in [0.05, 0.1) is 11.5 Å². The monoisotopic (exact) mass is 382 g/mol. The van der Waals surface area contributed by atoms with E-state index in [1.165, 1.54) is 0 Å². The van der Waals surface area contributed by atoms with Crippen molar-refractivity contribution in [1.29, 1.82) is 0 Å². The standard InChI is InChI=1S/C19H27ClN2O4/c1-12(2)9-15(16(23)18(25)26)17(24)22-8-7-21-11-19(22,3)13-5-4-6-14(20)10-13/h4-6,10,12,15-16,21,23H,7-9,11H2,1-3H3,(H,25,26)/t15-,16-,19-/m0/s1. The summed E-state index contributed by atoms with van der Waals surface area (Å²) in [4.78, 5) is 26.3. The molecule has 144 valence electrons. The van der Waals surface area contributed by atoms with Gasteiger partial charge in [-0.3, -0.25) is 4.79 Å². The number of carboxylic acid groups (broad SMARTS) is 1. The van der Waals surface area contributed by atoms with Crippen LogP contribution < -0.4 is 5.32 Å². The quantitative estimate of drug-likeness (QED) is 0.701. The van der Waals surface area contributed by atoms with E-state index in [2.05, 4.69) is 5.32 Å². The molecule has 0 aromatic heterocycles. The molecule has 0 saturated carbocycles. The van der Waals surface area contributed by atoms with E-state index < -0.39 is 23.5 Å². The third kappa shape index (κ3) is 4.37. The SMILES string of the molecule is CC(C)C[C@H](C(=O)N1CCNC[C@@]1(C)c1cccc(Cl)c1)[C@H](O)C(=O)O. The summed E-state index contributed by atoms with van der Waals surface area (Å²) in [7, 11) is 0. The molecule has 0 spiro atoms. The molecule has 0 aliphatic carbocycles. The number of carbonyl (C=O) groups excluding carboxylic acids is 1. The van der Waals surface area contributed by atoms with Crippen molar-refractivity contribution in [2.24, 2.45) is 11.8 Å². The van der Waals surface area contributed by atoms with Crippen molar-refractivity contribution in [2.45, 2.75) is 38.8 Å². The highest BCUT2D eigenvalue weighted by Crippen LogP contribution is 2.33. The van der Waals surface area contributed by atoms with Gasteiger partial charge in [0.15, 0.2) is 6.10 Å². The van der Waals surface area contributed by atoms with Crippen LogP contribution in [0.15, 0.2) is 24.3 Å². The van der Waals surface area contributed by atoms with E-state index in [0.29, 0.717) is 31.1 Å². The van der Waals surface area contributed by atoms with Gasteiger partial charge >= 0.3 is 5.97 Å². The van der Waals surface area contributed by atoms with Crippen molar-refractivity contribution in [3.63, 3.8) is 0 Å². The molecule has 7 heteroatoms. The van der Waals surface area contributed by atoms with Gasteiger partial charge < -0.3 is 20.4 Å². The van der Waals surface area contributed by atoms with Crippen LogP contribution in [-0.4, -0.2) is 52.7 Å². The Balaban J connectivity index is 2.40. The van der Waals surface area contributed by atoms with Crippen LogP contribution in [0.3, 0.4) is 0 Å². The zero-order valence-corrected chi connectivity index (χ0v) is 16.2. The Bertz CT molecular complexity index is 667. The molecule has 1 aromatic carbocycles. The smallest absolute Gasteiger partial charge is 0.333 e. The van der Waals surface area contributed by atoms with E-state index in [9.17, 15) is 19.8 Å². The van der Waals surface area contributed by atoms with E-state index in [4.69, 9.17) is 11.6 Å². The first-order valence-corrected chi connectivity index (χ1v) is 9.23. The van der Waals surface area contributed by atoms with Gasteiger partial charge in [-0.25, -0.2) is 4.79 Å². The number of aliphatic hydroxyl groups excluding tert-OH is 1. The molecule has 3 atom stereocenters. The first kappa shape index (κ1) is 20.7. The molecule has 2 rings (SSSR count). The van der Waals surface area contributed by atoms with Crippen molar-refractivity contribution in [3.8, 4) is 0 Å². The predicted molar refractivity (Wildman–Crippen MR) is 100.0 cm³/mol. The molecule has 26 heavy (non-hydrogen) atoms. The van der Waals surface area contributed by atoms with Gasteiger partial charge in [-0.1, -0.05) is 37.6 Å². The van der Waals surface area contributed by atoms with Crippen LogP contribution in [0.4, 0.5) is 0 Å². The van der Waals surface area contributed by atoms with Crippen molar-refractivity contribution in [2.75, 3.05) is 19.6 Å². The van der Waals surface area contributed by atoms with Crippen LogP contribution in [0.2, 0.25) is 5.02 Å². The number of hydrogen-bond donors (Lipinski definition) is 3. The summed E-state index contributed by atoms with van der Waals surface area (Å²) in [6.07, 6.45) is -1.41. The fourth-order valence-electron chi connectivity index (χ4n) is 3.54. The van der Waals surface area contributed by atoms with E-state index in [-0.39, 0.29) is 11.8 Å². The summed E-state index contributed by atoms with van der Waals surface area (Å²) >= 11 is 6.14. The topological polar surface area (TPSA) is 89.9 Å². The zero-order valence-electron chi connectivity index (χ0n) is 15.4. The summed E-state index contributed by atoms with van der Waals surface area (Å²) in [5, 5.41) is 23.3. The number of rotatable bonds is 6. The second-order valence-corrected chi connectivity index (χ2v) is 7.91. The average Bonchev–Trinajstić information content (AvgIpc) is 2.58. The highest BCUT2D eigenvalue weighted by atomic mass is 35.5. The van der Waals surface area contributed by atoms with Gasteiger partial charge in [-0.05, 0) is 37.0 Å². The van der Waals surface area contributed by atoms with Gasteiger partial charge in [0, 0.05) is 24.7 Å². The van der Waals surface area contributed by atoms with Crippen molar-refractivity contribution in [3.05, 3.63) is 34.9 Å². The molecule has 0 radical (unpaired) electrons. The van der Waals surface area contributed by atoms with E-state index >= 15 is 0 Å². The third-order valence-electron chi connectivity index (χ3n) is 4.97. The zero-order chi connectivity index (χ0) is 19.5. The van der Waals surface area contributed by atoms with Crippen LogP contribution >= 0.6 is 11.6 Å². The van der Waals surface area contributed by atoms with Crippen LogP contribution in [0.5, 0.6) is 0 Å². The Morgan fingerprint density at radius 1 is 1.38 bits per heavy atom. The molecule has 0 unspecified atom stereocenters. The minimum atomic E-state index is -1.72. The summed E-state index contributed by atoms with van der Waals surface area (Å²) < 4.78 is 0. The first-order chi connectivity index (χ1) is 12.2. The molecule has 1 aliphatic rings. The molecule has 1 aromatic rings. The number of carboxylic acids is 1. The van der Waals surface area contributed by atoms with Crippen molar-refractivity contribution >= 4 is 23.5 Å². The lowest BCUT2D eigenvalue weighted by Crippen LogP contribution is -2.61. The second-order valence-electron chi connectivity index (χ2n) is 7.47. The lowest BCUT2D eigenvalue weighted by molar-refractivity contribution is -0.160. The summed E-state index contributed by atoms with van der Waals surface area (Å²) in [6.45, 7) is 7.31. The van der Waals surface area contributed by atoms with Gasteiger partial charge in [-0.15, -0.1) is 0 Å². The van der Waals surface area contributed by atoms with Gasteiger partial charge in [0.2, 0.25) is 5.91 Å². The van der Waals surface area contributed by atoms with Crippen LogP contribution in [0.25, 0.3) is 0 Å². The Hall–Kier alpha value is -1.63. The molecular weight excluding hydrogens is 356 g/mol. The van der Waals surface area contributed by atoms with Gasteiger partial charge in [0.25, 0.3) is 0 Å². The fourth-order valence-corrected chi connectivity index (χ4v) is 3.73. The van der Waals surface area contributed by atoms with E-state index in [1.54, 1.807) is 11.0 Å². The number of aliphatic hydroxyl groups is 1. The molecule has 1 amide bonds. The number of carbonyl (C=O) groups is 2. The first-order valence-electron chi connectivity index (χ1n) is 8.86. The average molecular weight is 383 g/mol. The number of nitrogens with one attached hydrogen (secondary N) is 1. The highest BCUT2D eigenvalue weighted by Gasteiger charge is 2.44. The summed E-state index contributed by atoms with van der Waals surface area (Å²) in [5.74, 6) is -2.61. The molecule has 1 heterocycles. The third-order valence-corrected chi connectivity index (χ3v) is 5.20.